The van der Waals surface area contributed by atoms with Crippen LogP contribution >= 0.6 is 0 Å². The summed E-state index contributed by atoms with van der Waals surface area (Å²) in [5, 5.41) is 7.81. The first-order valence-corrected chi connectivity index (χ1v) is 6.02. The molecule has 86 valence electrons. The molecule has 0 fully saturated rings. The van der Waals surface area contributed by atoms with Crippen LogP contribution in [0.4, 0.5) is 0 Å². The van der Waals surface area contributed by atoms with Gasteiger partial charge in [0.1, 0.15) is 0 Å². The fraction of sp³-hybridized carbons (Fsp3) is 0.750. The minimum absolute atomic E-state index is 0.503. The van der Waals surface area contributed by atoms with Crippen molar-refractivity contribution in [2.75, 3.05) is 6.54 Å². The Labute approximate surface area is 92.9 Å². The zero-order valence-corrected chi connectivity index (χ0v) is 10.2. The van der Waals surface area contributed by atoms with Gasteiger partial charge in [-0.1, -0.05) is 20.3 Å². The van der Waals surface area contributed by atoms with E-state index in [0.29, 0.717) is 6.04 Å². The van der Waals surface area contributed by atoms with Crippen LogP contribution in [0.25, 0.3) is 0 Å². The van der Waals surface area contributed by atoms with Gasteiger partial charge in [0.2, 0.25) is 0 Å². The predicted octanol–water partition coefficient (Wildman–Crippen LogP) is 2.74. The highest BCUT2D eigenvalue weighted by Gasteiger charge is 2.07. The molecule has 1 atom stereocenters. The molecule has 0 aliphatic carbocycles. The molecule has 1 N–H and O–H groups in total. The van der Waals surface area contributed by atoms with Crippen LogP contribution in [0.15, 0.2) is 12.3 Å². The third kappa shape index (κ3) is 3.67. The molecule has 0 radical (unpaired) electrons. The first-order valence-electron chi connectivity index (χ1n) is 6.02. The van der Waals surface area contributed by atoms with Gasteiger partial charge in [-0.3, -0.25) is 4.68 Å². The number of hydrogen-bond donors (Lipinski definition) is 1. The maximum Gasteiger partial charge on any atom is 0.0525 e. The molecule has 15 heavy (non-hydrogen) atoms. The van der Waals surface area contributed by atoms with Gasteiger partial charge in [0.25, 0.3) is 0 Å². The monoisotopic (exact) mass is 209 g/mol. The Kier molecular flexibility index (Phi) is 5.40. The van der Waals surface area contributed by atoms with Crippen molar-refractivity contribution in [1.82, 2.24) is 15.1 Å². The molecule has 3 heteroatoms. The van der Waals surface area contributed by atoms with E-state index in [9.17, 15) is 0 Å². The summed E-state index contributed by atoms with van der Waals surface area (Å²) in [6.45, 7) is 8.65. The molecule has 0 saturated carbocycles. The van der Waals surface area contributed by atoms with Crippen molar-refractivity contribution in [3.63, 3.8) is 0 Å². The van der Waals surface area contributed by atoms with Crippen LogP contribution in [0.1, 0.15) is 51.8 Å². The van der Waals surface area contributed by atoms with E-state index in [2.05, 4.69) is 41.9 Å². The van der Waals surface area contributed by atoms with Gasteiger partial charge in [-0.05, 0) is 32.4 Å². The summed E-state index contributed by atoms with van der Waals surface area (Å²) >= 11 is 0. The second-order valence-corrected chi connectivity index (χ2v) is 4.05. The van der Waals surface area contributed by atoms with Crippen LogP contribution < -0.4 is 5.32 Å². The number of hydrogen-bond acceptors (Lipinski definition) is 2. The van der Waals surface area contributed by atoms with E-state index in [1.165, 1.54) is 18.5 Å². The molecule has 1 heterocycles. The lowest BCUT2D eigenvalue weighted by atomic mass is 10.2. The van der Waals surface area contributed by atoms with Gasteiger partial charge in [0.05, 0.1) is 5.69 Å². The Hall–Kier alpha value is -0.830. The fourth-order valence-electron chi connectivity index (χ4n) is 1.57. The molecule has 1 unspecified atom stereocenters. The number of rotatable bonds is 7. The van der Waals surface area contributed by atoms with Crippen LogP contribution in [0.2, 0.25) is 0 Å². The summed E-state index contributed by atoms with van der Waals surface area (Å²) < 4.78 is 2.12. The van der Waals surface area contributed by atoms with E-state index in [-0.39, 0.29) is 0 Å². The van der Waals surface area contributed by atoms with Crippen LogP contribution in [0.5, 0.6) is 0 Å². The summed E-state index contributed by atoms with van der Waals surface area (Å²) in [6.07, 6.45) is 5.52. The molecule has 0 amide bonds. The van der Waals surface area contributed by atoms with Crippen molar-refractivity contribution in [3.05, 3.63) is 18.0 Å². The van der Waals surface area contributed by atoms with Gasteiger partial charge in [0, 0.05) is 18.8 Å². The molecule has 1 aromatic heterocycles. The van der Waals surface area contributed by atoms with E-state index in [0.717, 1.165) is 19.5 Å². The molecule has 0 spiro atoms. The summed E-state index contributed by atoms with van der Waals surface area (Å²) in [5.41, 5.74) is 1.29. The van der Waals surface area contributed by atoms with Crippen LogP contribution in [-0.4, -0.2) is 16.3 Å². The lowest BCUT2D eigenvalue weighted by Crippen LogP contribution is -2.19. The maximum absolute atomic E-state index is 4.36. The standard InChI is InChI=1S/C12H23N3/c1-4-6-8-13-10-12-7-9-14-15(12)11(3)5-2/h7,9,11,13H,4-6,8,10H2,1-3H3. The summed E-state index contributed by atoms with van der Waals surface area (Å²) in [5.74, 6) is 0. The van der Waals surface area contributed by atoms with Crippen LogP contribution in [0.3, 0.4) is 0 Å². The highest BCUT2D eigenvalue weighted by molar-refractivity contribution is 5.01. The van der Waals surface area contributed by atoms with E-state index in [1.807, 2.05) is 6.20 Å². The lowest BCUT2D eigenvalue weighted by Gasteiger charge is -2.14. The average Bonchev–Trinajstić information content (AvgIpc) is 2.71. The first-order chi connectivity index (χ1) is 7.29. The Bertz CT molecular complexity index is 268. The molecule has 0 aliphatic heterocycles. The van der Waals surface area contributed by atoms with E-state index in [1.54, 1.807) is 0 Å². The fourth-order valence-corrected chi connectivity index (χ4v) is 1.57. The molecule has 1 rings (SSSR count). The quantitative estimate of drug-likeness (QED) is 0.700. The molecule has 1 aromatic rings. The number of nitrogens with one attached hydrogen (secondary N) is 1. The first kappa shape index (κ1) is 12.2. The topological polar surface area (TPSA) is 29.9 Å². The highest BCUT2D eigenvalue weighted by Crippen LogP contribution is 2.11. The van der Waals surface area contributed by atoms with Gasteiger partial charge in [-0.15, -0.1) is 0 Å². The number of aromatic nitrogens is 2. The second kappa shape index (κ2) is 6.62. The lowest BCUT2D eigenvalue weighted by molar-refractivity contribution is 0.451. The van der Waals surface area contributed by atoms with E-state index >= 15 is 0 Å². The Morgan fingerprint density at radius 2 is 2.27 bits per heavy atom. The molecular weight excluding hydrogens is 186 g/mol. The predicted molar refractivity (Wildman–Crippen MR) is 63.8 cm³/mol. The van der Waals surface area contributed by atoms with Gasteiger partial charge in [0.15, 0.2) is 0 Å². The van der Waals surface area contributed by atoms with Crippen molar-refractivity contribution in [1.29, 1.82) is 0 Å². The molecule has 0 bridgehead atoms. The SMILES string of the molecule is CCCCNCc1ccnn1C(C)CC. The average molecular weight is 209 g/mol. The molecule has 0 aliphatic rings. The smallest absolute Gasteiger partial charge is 0.0525 e. The van der Waals surface area contributed by atoms with E-state index in [4.69, 9.17) is 0 Å². The molecular formula is C12H23N3. The summed E-state index contributed by atoms with van der Waals surface area (Å²) in [6, 6.07) is 2.61. The minimum Gasteiger partial charge on any atom is -0.311 e. The van der Waals surface area contributed by atoms with Crippen molar-refractivity contribution >= 4 is 0 Å². The van der Waals surface area contributed by atoms with Gasteiger partial charge < -0.3 is 5.32 Å². The van der Waals surface area contributed by atoms with Gasteiger partial charge in [-0.2, -0.15) is 5.10 Å². The number of nitrogens with zero attached hydrogens (tertiary/aromatic N) is 2. The Balaban J connectivity index is 2.43. The maximum atomic E-state index is 4.36. The zero-order chi connectivity index (χ0) is 11.1. The zero-order valence-electron chi connectivity index (χ0n) is 10.2. The second-order valence-electron chi connectivity index (χ2n) is 4.05. The van der Waals surface area contributed by atoms with Crippen molar-refractivity contribution in [3.8, 4) is 0 Å². The van der Waals surface area contributed by atoms with Crippen LogP contribution in [0, 0.1) is 0 Å². The Morgan fingerprint density at radius 1 is 1.47 bits per heavy atom. The summed E-state index contributed by atoms with van der Waals surface area (Å²) in [4.78, 5) is 0. The van der Waals surface area contributed by atoms with Crippen molar-refractivity contribution < 1.29 is 0 Å². The minimum atomic E-state index is 0.503. The van der Waals surface area contributed by atoms with Crippen LogP contribution in [-0.2, 0) is 6.54 Å². The summed E-state index contributed by atoms with van der Waals surface area (Å²) in [7, 11) is 0. The number of unbranched alkanes of at least 4 members (excludes halogenated alkanes) is 1. The van der Waals surface area contributed by atoms with Gasteiger partial charge >= 0.3 is 0 Å². The van der Waals surface area contributed by atoms with Crippen molar-refractivity contribution in [2.45, 2.75) is 52.6 Å². The van der Waals surface area contributed by atoms with Gasteiger partial charge in [-0.25, -0.2) is 0 Å². The highest BCUT2D eigenvalue weighted by atomic mass is 15.3. The van der Waals surface area contributed by atoms with Crippen molar-refractivity contribution in [2.24, 2.45) is 0 Å². The Morgan fingerprint density at radius 3 is 2.93 bits per heavy atom. The molecule has 3 nitrogen and oxygen atoms in total. The largest absolute Gasteiger partial charge is 0.311 e. The molecule has 0 saturated heterocycles. The third-order valence-corrected chi connectivity index (χ3v) is 2.77. The third-order valence-electron chi connectivity index (χ3n) is 2.77. The normalized spacial score (nSPS) is 13.0. The molecule has 0 aromatic carbocycles. The van der Waals surface area contributed by atoms with E-state index < -0.39 is 0 Å².